The highest BCUT2D eigenvalue weighted by atomic mass is 16.2. The fourth-order valence-electron chi connectivity index (χ4n) is 5.54. The Kier molecular flexibility index (Phi) is 6.38. The number of carbonyl (C=O) groups excluding carboxylic acids is 1. The number of nitrogens with zero attached hydrogens (tertiary/aromatic N) is 4. The van der Waals surface area contributed by atoms with Crippen LogP contribution in [0.15, 0.2) is 10.9 Å². The second kappa shape index (κ2) is 8.99. The average Bonchev–Trinajstić information content (AvgIpc) is 2.93. The maximum Gasteiger partial charge on any atom is 0.253 e. The van der Waals surface area contributed by atoms with Gasteiger partial charge in [-0.15, -0.1) is 0 Å². The van der Waals surface area contributed by atoms with Crippen molar-refractivity contribution in [3.05, 3.63) is 27.9 Å². The van der Waals surface area contributed by atoms with Gasteiger partial charge in [-0.3, -0.25) is 19.1 Å². The van der Waals surface area contributed by atoms with Crippen LogP contribution < -0.4 is 5.56 Å². The standard InChI is InChI=1S/C23H36N4O2/c1-17-11-18(2)14-26(13-17)23(29)16-25-9-6-7-19(15-25)20-12-22(28)27-10-5-3-4-8-21(27)24-20/h12,17-19H,3-11,13-16H2,1-2H3/t17-,18+,19-/m0/s1. The molecule has 6 heteroatoms. The average molecular weight is 401 g/mol. The molecule has 3 aliphatic heterocycles. The maximum atomic E-state index is 12.9. The van der Waals surface area contributed by atoms with E-state index in [0.717, 1.165) is 76.3 Å². The topological polar surface area (TPSA) is 58.4 Å². The first-order valence-electron chi connectivity index (χ1n) is 11.6. The van der Waals surface area contributed by atoms with Gasteiger partial charge in [0.25, 0.3) is 5.56 Å². The molecule has 0 spiro atoms. The third-order valence-electron chi connectivity index (χ3n) is 6.89. The molecule has 4 heterocycles. The molecule has 1 amide bonds. The van der Waals surface area contributed by atoms with Crippen LogP contribution in [0.4, 0.5) is 0 Å². The van der Waals surface area contributed by atoms with Gasteiger partial charge in [0.1, 0.15) is 5.82 Å². The van der Waals surface area contributed by atoms with Gasteiger partial charge in [0.05, 0.1) is 12.2 Å². The highest BCUT2D eigenvalue weighted by Gasteiger charge is 2.29. The second-order valence-electron chi connectivity index (χ2n) is 9.72. The summed E-state index contributed by atoms with van der Waals surface area (Å²) in [4.78, 5) is 34.8. The van der Waals surface area contributed by atoms with Crippen LogP contribution in [0.5, 0.6) is 0 Å². The zero-order chi connectivity index (χ0) is 20.4. The fraction of sp³-hybridized carbons (Fsp3) is 0.783. The predicted octanol–water partition coefficient (Wildman–Crippen LogP) is 2.65. The van der Waals surface area contributed by atoms with Gasteiger partial charge >= 0.3 is 0 Å². The zero-order valence-corrected chi connectivity index (χ0v) is 18.1. The van der Waals surface area contributed by atoms with E-state index in [1.165, 1.54) is 12.8 Å². The minimum absolute atomic E-state index is 0.108. The van der Waals surface area contributed by atoms with Crippen molar-refractivity contribution in [2.24, 2.45) is 11.8 Å². The molecule has 2 fully saturated rings. The number of aryl methyl sites for hydroxylation is 1. The third-order valence-corrected chi connectivity index (χ3v) is 6.89. The molecule has 0 unspecified atom stereocenters. The van der Waals surface area contributed by atoms with E-state index in [1.54, 1.807) is 6.07 Å². The summed E-state index contributed by atoms with van der Waals surface area (Å²) in [5.74, 6) is 2.67. The Bertz CT molecular complexity index is 780. The lowest BCUT2D eigenvalue weighted by molar-refractivity contribution is -0.135. The lowest BCUT2D eigenvalue weighted by Gasteiger charge is -2.38. The van der Waals surface area contributed by atoms with E-state index in [4.69, 9.17) is 4.98 Å². The van der Waals surface area contributed by atoms with Crippen molar-refractivity contribution in [1.29, 1.82) is 0 Å². The van der Waals surface area contributed by atoms with Crippen molar-refractivity contribution in [1.82, 2.24) is 19.4 Å². The smallest absolute Gasteiger partial charge is 0.253 e. The first kappa shape index (κ1) is 20.6. The molecule has 6 nitrogen and oxygen atoms in total. The molecule has 0 N–H and O–H groups in total. The second-order valence-corrected chi connectivity index (χ2v) is 9.72. The van der Waals surface area contributed by atoms with Gasteiger partial charge in [-0.05, 0) is 50.5 Å². The quantitative estimate of drug-likeness (QED) is 0.783. The number of likely N-dealkylation sites (tertiary alicyclic amines) is 2. The predicted molar refractivity (Wildman–Crippen MR) is 114 cm³/mol. The van der Waals surface area contributed by atoms with Gasteiger partial charge in [0.15, 0.2) is 0 Å². The van der Waals surface area contributed by atoms with Crippen LogP contribution in [-0.4, -0.2) is 58.0 Å². The summed E-state index contributed by atoms with van der Waals surface area (Å²) in [7, 11) is 0. The largest absolute Gasteiger partial charge is 0.341 e. The van der Waals surface area contributed by atoms with E-state index < -0.39 is 0 Å². The molecular weight excluding hydrogens is 364 g/mol. The van der Waals surface area contributed by atoms with Crippen LogP contribution in [-0.2, 0) is 17.8 Å². The molecule has 1 aromatic heterocycles. The summed E-state index contributed by atoms with van der Waals surface area (Å²) in [5.41, 5.74) is 1.05. The Labute approximate surface area is 174 Å². The highest BCUT2D eigenvalue weighted by Crippen LogP contribution is 2.26. The van der Waals surface area contributed by atoms with Crippen molar-refractivity contribution in [3.8, 4) is 0 Å². The fourth-order valence-corrected chi connectivity index (χ4v) is 5.54. The van der Waals surface area contributed by atoms with Gasteiger partial charge in [0.2, 0.25) is 5.91 Å². The first-order valence-corrected chi connectivity index (χ1v) is 11.6. The number of amides is 1. The van der Waals surface area contributed by atoms with Crippen molar-refractivity contribution >= 4 is 5.91 Å². The van der Waals surface area contributed by atoms with Crippen molar-refractivity contribution in [2.75, 3.05) is 32.7 Å². The molecule has 29 heavy (non-hydrogen) atoms. The van der Waals surface area contributed by atoms with Gasteiger partial charge in [-0.25, -0.2) is 4.98 Å². The third kappa shape index (κ3) is 4.90. The summed E-state index contributed by atoms with van der Waals surface area (Å²) < 4.78 is 1.87. The van der Waals surface area contributed by atoms with E-state index in [9.17, 15) is 9.59 Å². The van der Waals surface area contributed by atoms with Crippen LogP contribution in [0.2, 0.25) is 0 Å². The Morgan fingerprint density at radius 1 is 1.07 bits per heavy atom. The molecule has 0 saturated carbocycles. The lowest BCUT2D eigenvalue weighted by Crippen LogP contribution is -2.48. The van der Waals surface area contributed by atoms with E-state index in [1.807, 2.05) is 4.57 Å². The van der Waals surface area contributed by atoms with E-state index >= 15 is 0 Å². The lowest BCUT2D eigenvalue weighted by atomic mass is 9.91. The van der Waals surface area contributed by atoms with Crippen molar-refractivity contribution in [3.63, 3.8) is 0 Å². The Hall–Kier alpha value is -1.69. The molecule has 0 aromatic carbocycles. The van der Waals surface area contributed by atoms with Crippen LogP contribution in [0.25, 0.3) is 0 Å². The number of aromatic nitrogens is 2. The Balaban J connectivity index is 1.42. The molecule has 0 bridgehead atoms. The van der Waals surface area contributed by atoms with E-state index in [2.05, 4.69) is 23.6 Å². The Morgan fingerprint density at radius 2 is 1.86 bits per heavy atom. The van der Waals surface area contributed by atoms with Crippen molar-refractivity contribution < 1.29 is 4.79 Å². The number of piperidine rings is 2. The number of rotatable bonds is 3. The zero-order valence-electron chi connectivity index (χ0n) is 18.1. The molecule has 1 aromatic rings. The van der Waals surface area contributed by atoms with E-state index in [0.29, 0.717) is 18.4 Å². The van der Waals surface area contributed by atoms with Crippen molar-refractivity contribution in [2.45, 2.75) is 71.3 Å². The van der Waals surface area contributed by atoms with Gasteiger partial charge in [-0.1, -0.05) is 20.3 Å². The summed E-state index contributed by atoms with van der Waals surface area (Å²) in [6, 6.07) is 1.76. The Morgan fingerprint density at radius 3 is 2.66 bits per heavy atom. The first-order chi connectivity index (χ1) is 14.0. The summed E-state index contributed by atoms with van der Waals surface area (Å²) in [6.45, 7) is 9.38. The van der Waals surface area contributed by atoms with Crippen LogP contribution in [0.3, 0.4) is 0 Å². The molecule has 3 atom stereocenters. The minimum atomic E-state index is 0.108. The number of carbonyl (C=O) groups is 1. The molecular formula is C23H36N4O2. The van der Waals surface area contributed by atoms with Gasteiger partial charge in [0, 0.05) is 44.6 Å². The van der Waals surface area contributed by atoms with Gasteiger partial charge < -0.3 is 4.90 Å². The van der Waals surface area contributed by atoms with Crippen LogP contribution in [0.1, 0.15) is 69.8 Å². The number of fused-ring (bicyclic) bond motifs is 1. The molecule has 0 aliphatic carbocycles. The summed E-state index contributed by atoms with van der Waals surface area (Å²) >= 11 is 0. The molecule has 0 radical (unpaired) electrons. The summed E-state index contributed by atoms with van der Waals surface area (Å²) in [6.07, 6.45) is 7.60. The monoisotopic (exact) mass is 400 g/mol. The van der Waals surface area contributed by atoms with E-state index in [-0.39, 0.29) is 17.4 Å². The number of hydrogen-bond acceptors (Lipinski definition) is 4. The molecule has 160 valence electrons. The molecule has 2 saturated heterocycles. The van der Waals surface area contributed by atoms with Gasteiger partial charge in [-0.2, -0.15) is 0 Å². The summed E-state index contributed by atoms with van der Waals surface area (Å²) in [5, 5.41) is 0. The normalized spacial score (nSPS) is 28.6. The van der Waals surface area contributed by atoms with Crippen LogP contribution in [0, 0.1) is 11.8 Å². The number of hydrogen-bond donors (Lipinski definition) is 0. The molecule has 3 aliphatic rings. The maximum absolute atomic E-state index is 12.9. The molecule has 4 rings (SSSR count). The minimum Gasteiger partial charge on any atom is -0.341 e. The van der Waals surface area contributed by atoms with Crippen LogP contribution >= 0.6 is 0 Å². The highest BCUT2D eigenvalue weighted by molar-refractivity contribution is 5.78. The SMILES string of the molecule is C[C@@H]1C[C@H](C)CN(C(=O)CN2CCC[C@H](c3cc(=O)n4c(n3)CCCCC4)C2)C1.